The summed E-state index contributed by atoms with van der Waals surface area (Å²) in [6.45, 7) is 1.96. The van der Waals surface area contributed by atoms with Crippen molar-refractivity contribution in [3.05, 3.63) is 24.2 Å². The molecule has 0 aliphatic rings. The van der Waals surface area contributed by atoms with Crippen LogP contribution in [0.3, 0.4) is 0 Å². The monoisotopic (exact) mass is 190 g/mol. The third kappa shape index (κ3) is 1.56. The van der Waals surface area contributed by atoms with Crippen molar-refractivity contribution in [2.45, 2.75) is 13.3 Å². The van der Waals surface area contributed by atoms with Gasteiger partial charge >= 0.3 is 0 Å². The van der Waals surface area contributed by atoms with Gasteiger partial charge in [-0.25, -0.2) is 4.98 Å². The van der Waals surface area contributed by atoms with Gasteiger partial charge in [-0.15, -0.1) is 0 Å². The van der Waals surface area contributed by atoms with E-state index in [0.717, 1.165) is 6.42 Å². The third-order valence-corrected chi connectivity index (χ3v) is 1.76. The van der Waals surface area contributed by atoms with Crippen LogP contribution in [0.25, 0.3) is 11.6 Å². The van der Waals surface area contributed by atoms with Crippen molar-refractivity contribution in [3.63, 3.8) is 0 Å². The Morgan fingerprint density at radius 1 is 1.36 bits per heavy atom. The lowest BCUT2D eigenvalue weighted by molar-refractivity contribution is 0.576. The predicted molar refractivity (Wildman–Crippen MR) is 51.3 cm³/mol. The zero-order valence-corrected chi connectivity index (χ0v) is 7.77. The fourth-order valence-electron chi connectivity index (χ4n) is 1.11. The van der Waals surface area contributed by atoms with Crippen molar-refractivity contribution in [2.75, 3.05) is 5.73 Å². The smallest absolute Gasteiger partial charge is 0.223 e. The summed E-state index contributed by atoms with van der Waals surface area (Å²) in [6, 6.07) is 3.56. The van der Waals surface area contributed by atoms with E-state index in [-0.39, 0.29) is 5.95 Å². The second kappa shape index (κ2) is 3.45. The molecule has 2 rings (SSSR count). The first kappa shape index (κ1) is 8.68. The normalized spacial score (nSPS) is 10.4. The molecule has 0 radical (unpaired) electrons. The van der Waals surface area contributed by atoms with Gasteiger partial charge in [-0.1, -0.05) is 6.92 Å². The maximum atomic E-state index is 5.54. The molecule has 72 valence electrons. The fraction of sp³-hybridized carbons (Fsp3) is 0.222. The molecular formula is C9H10N4O. The van der Waals surface area contributed by atoms with Crippen molar-refractivity contribution in [1.29, 1.82) is 0 Å². The molecule has 2 aromatic heterocycles. The molecule has 0 amide bonds. The number of nitrogen functional groups attached to an aromatic ring is 1. The molecule has 0 aliphatic carbocycles. The molecule has 0 aromatic carbocycles. The molecular weight excluding hydrogens is 180 g/mol. The lowest BCUT2D eigenvalue weighted by Gasteiger charge is -1.99. The summed E-state index contributed by atoms with van der Waals surface area (Å²) in [6.07, 6.45) is 2.29. The van der Waals surface area contributed by atoms with Crippen LogP contribution < -0.4 is 5.73 Å². The van der Waals surface area contributed by atoms with Crippen LogP contribution in [0.1, 0.15) is 12.7 Å². The Balaban J connectivity index is 2.48. The highest BCUT2D eigenvalue weighted by atomic mass is 16.3. The molecule has 0 atom stereocenters. The Hall–Kier alpha value is -1.91. The van der Waals surface area contributed by atoms with Gasteiger partial charge in [0.15, 0.2) is 5.76 Å². The van der Waals surface area contributed by atoms with Crippen molar-refractivity contribution >= 4 is 5.95 Å². The molecule has 0 bridgehead atoms. The van der Waals surface area contributed by atoms with Crippen molar-refractivity contribution in [3.8, 4) is 11.6 Å². The molecule has 5 nitrogen and oxygen atoms in total. The summed E-state index contributed by atoms with van der Waals surface area (Å²) in [4.78, 5) is 12.2. The molecule has 2 aromatic rings. The van der Waals surface area contributed by atoms with E-state index in [9.17, 15) is 0 Å². The minimum atomic E-state index is 0.225. The largest absolute Gasteiger partial charge is 0.461 e. The summed E-state index contributed by atoms with van der Waals surface area (Å²) < 4.78 is 5.17. The van der Waals surface area contributed by atoms with Crippen LogP contribution >= 0.6 is 0 Å². The number of furan rings is 1. The van der Waals surface area contributed by atoms with Crippen LogP contribution in [-0.2, 0) is 6.42 Å². The number of nitrogens with two attached hydrogens (primary N) is 1. The quantitative estimate of drug-likeness (QED) is 0.771. The van der Waals surface area contributed by atoms with Gasteiger partial charge in [-0.2, -0.15) is 9.97 Å². The molecule has 0 saturated heterocycles. The van der Waals surface area contributed by atoms with Crippen molar-refractivity contribution in [1.82, 2.24) is 15.0 Å². The fourth-order valence-corrected chi connectivity index (χ4v) is 1.11. The van der Waals surface area contributed by atoms with E-state index in [2.05, 4.69) is 15.0 Å². The van der Waals surface area contributed by atoms with Crippen LogP contribution in [0.15, 0.2) is 22.8 Å². The van der Waals surface area contributed by atoms with E-state index < -0.39 is 0 Å². The summed E-state index contributed by atoms with van der Waals surface area (Å²) in [7, 11) is 0. The number of aromatic nitrogens is 3. The highest BCUT2D eigenvalue weighted by molar-refractivity contribution is 5.47. The number of aryl methyl sites for hydroxylation is 1. The first-order chi connectivity index (χ1) is 6.79. The van der Waals surface area contributed by atoms with Crippen LogP contribution in [0.5, 0.6) is 0 Å². The highest BCUT2D eigenvalue weighted by Gasteiger charge is 2.07. The Morgan fingerprint density at radius 2 is 2.21 bits per heavy atom. The Labute approximate surface area is 81.0 Å². The molecule has 0 aliphatic heterocycles. The van der Waals surface area contributed by atoms with Crippen LogP contribution in [0.4, 0.5) is 5.95 Å². The molecule has 0 saturated carbocycles. The average Bonchev–Trinajstić information content (AvgIpc) is 2.69. The minimum Gasteiger partial charge on any atom is -0.461 e. The minimum absolute atomic E-state index is 0.225. The Bertz CT molecular complexity index is 424. The van der Waals surface area contributed by atoms with Crippen molar-refractivity contribution < 1.29 is 4.42 Å². The van der Waals surface area contributed by atoms with Crippen LogP contribution in [0.2, 0.25) is 0 Å². The van der Waals surface area contributed by atoms with Gasteiger partial charge < -0.3 is 10.2 Å². The van der Waals surface area contributed by atoms with Gasteiger partial charge in [0.05, 0.1) is 6.26 Å². The van der Waals surface area contributed by atoms with Crippen LogP contribution in [0, 0.1) is 0 Å². The van der Waals surface area contributed by atoms with E-state index in [0.29, 0.717) is 17.4 Å². The molecule has 5 heteroatoms. The molecule has 2 heterocycles. The molecule has 0 spiro atoms. The Morgan fingerprint density at radius 3 is 2.86 bits per heavy atom. The zero-order chi connectivity index (χ0) is 9.97. The highest BCUT2D eigenvalue weighted by Crippen LogP contribution is 2.15. The summed E-state index contributed by atoms with van der Waals surface area (Å²) in [5.74, 6) is 1.99. The third-order valence-electron chi connectivity index (χ3n) is 1.76. The SMILES string of the molecule is CCc1nc(N)nc(-c2ccco2)n1. The van der Waals surface area contributed by atoms with Gasteiger partial charge in [0.2, 0.25) is 11.8 Å². The zero-order valence-electron chi connectivity index (χ0n) is 7.77. The first-order valence-electron chi connectivity index (χ1n) is 4.34. The number of nitrogens with zero attached hydrogens (tertiary/aromatic N) is 3. The van der Waals surface area contributed by atoms with E-state index >= 15 is 0 Å². The van der Waals surface area contributed by atoms with E-state index in [1.54, 1.807) is 18.4 Å². The average molecular weight is 190 g/mol. The maximum Gasteiger partial charge on any atom is 0.223 e. The molecule has 14 heavy (non-hydrogen) atoms. The Kier molecular flexibility index (Phi) is 2.14. The number of rotatable bonds is 2. The number of anilines is 1. The predicted octanol–water partition coefficient (Wildman–Crippen LogP) is 1.28. The summed E-state index contributed by atoms with van der Waals surface area (Å²) in [5, 5.41) is 0. The van der Waals surface area contributed by atoms with E-state index in [1.165, 1.54) is 0 Å². The van der Waals surface area contributed by atoms with Crippen molar-refractivity contribution in [2.24, 2.45) is 0 Å². The van der Waals surface area contributed by atoms with E-state index in [1.807, 2.05) is 6.92 Å². The van der Waals surface area contributed by atoms with Gasteiger partial charge in [0.25, 0.3) is 0 Å². The van der Waals surface area contributed by atoms with Gasteiger partial charge in [-0.05, 0) is 12.1 Å². The molecule has 0 unspecified atom stereocenters. The van der Waals surface area contributed by atoms with E-state index in [4.69, 9.17) is 10.2 Å². The number of hydrogen-bond donors (Lipinski definition) is 1. The second-order valence-electron chi connectivity index (χ2n) is 2.76. The standard InChI is InChI=1S/C9H10N4O/c1-2-7-11-8(13-9(10)12-7)6-4-3-5-14-6/h3-5H,2H2,1H3,(H2,10,11,12,13). The lowest BCUT2D eigenvalue weighted by atomic mass is 10.4. The molecule has 2 N–H and O–H groups in total. The van der Waals surface area contributed by atoms with Gasteiger partial charge in [-0.3, -0.25) is 0 Å². The van der Waals surface area contributed by atoms with Crippen LogP contribution in [-0.4, -0.2) is 15.0 Å². The molecule has 0 fully saturated rings. The lowest BCUT2D eigenvalue weighted by Crippen LogP contribution is -2.03. The topological polar surface area (TPSA) is 77.8 Å². The maximum absolute atomic E-state index is 5.54. The second-order valence-corrected chi connectivity index (χ2v) is 2.76. The van der Waals surface area contributed by atoms with Gasteiger partial charge in [0.1, 0.15) is 5.82 Å². The summed E-state index contributed by atoms with van der Waals surface area (Å²) in [5.41, 5.74) is 5.54. The van der Waals surface area contributed by atoms with Gasteiger partial charge in [0, 0.05) is 6.42 Å². The first-order valence-corrected chi connectivity index (χ1v) is 4.34. The number of hydrogen-bond acceptors (Lipinski definition) is 5. The summed E-state index contributed by atoms with van der Waals surface area (Å²) >= 11 is 0.